The molecule has 0 atom stereocenters. The third-order valence-electron chi connectivity index (χ3n) is 3.14. The van der Waals surface area contributed by atoms with Gasteiger partial charge in [-0.25, -0.2) is 9.07 Å². The first-order valence-electron chi connectivity index (χ1n) is 7.43. The Morgan fingerprint density at radius 1 is 1.38 bits per heavy atom. The van der Waals surface area contributed by atoms with Gasteiger partial charge in [-0.15, -0.1) is 11.8 Å². The highest BCUT2D eigenvalue weighted by Crippen LogP contribution is 2.22. The maximum atomic E-state index is 13.4. The number of carboxylic acids is 1. The van der Waals surface area contributed by atoms with Crippen molar-refractivity contribution in [3.8, 4) is 5.69 Å². The average Bonchev–Trinajstić information content (AvgIpc) is 2.90. The van der Waals surface area contributed by atoms with Crippen molar-refractivity contribution in [2.45, 2.75) is 19.8 Å². The number of aliphatic carboxylic acids is 1. The first-order chi connectivity index (χ1) is 11.5. The van der Waals surface area contributed by atoms with E-state index in [2.05, 4.69) is 10.4 Å². The van der Waals surface area contributed by atoms with Crippen LogP contribution in [0.5, 0.6) is 0 Å². The molecule has 2 N–H and O–H groups in total. The van der Waals surface area contributed by atoms with Crippen molar-refractivity contribution >= 4 is 29.3 Å². The SMILES string of the molecule is CCCc1c(NC(=O)CSCC(=O)O)cnn1-c1cccc(F)c1. The zero-order chi connectivity index (χ0) is 17.5. The summed E-state index contributed by atoms with van der Waals surface area (Å²) in [6.07, 6.45) is 3.02. The predicted molar refractivity (Wildman–Crippen MR) is 91.1 cm³/mol. The van der Waals surface area contributed by atoms with Crippen molar-refractivity contribution in [1.29, 1.82) is 0 Å². The lowest BCUT2D eigenvalue weighted by Crippen LogP contribution is -2.16. The number of carbonyl (C=O) groups excluding carboxylic acids is 1. The van der Waals surface area contributed by atoms with Gasteiger partial charge in [0.2, 0.25) is 5.91 Å². The van der Waals surface area contributed by atoms with Gasteiger partial charge in [0.25, 0.3) is 0 Å². The Morgan fingerprint density at radius 3 is 2.83 bits per heavy atom. The van der Waals surface area contributed by atoms with Crippen LogP contribution in [0.1, 0.15) is 19.0 Å². The first-order valence-corrected chi connectivity index (χ1v) is 8.59. The minimum absolute atomic E-state index is 0.0447. The normalized spacial score (nSPS) is 10.6. The summed E-state index contributed by atoms with van der Waals surface area (Å²) in [6.45, 7) is 2.00. The van der Waals surface area contributed by atoms with Gasteiger partial charge in [0.05, 0.1) is 34.8 Å². The molecule has 2 rings (SSSR count). The third-order valence-corrected chi connectivity index (χ3v) is 4.06. The van der Waals surface area contributed by atoms with Crippen LogP contribution < -0.4 is 5.32 Å². The molecule has 0 fully saturated rings. The first kappa shape index (κ1) is 18.0. The highest BCUT2D eigenvalue weighted by molar-refractivity contribution is 8.00. The number of rotatable bonds is 8. The zero-order valence-electron chi connectivity index (χ0n) is 13.2. The molecule has 1 amide bonds. The summed E-state index contributed by atoms with van der Waals surface area (Å²) in [7, 11) is 0. The average molecular weight is 351 g/mol. The number of benzene rings is 1. The number of aromatic nitrogens is 2. The van der Waals surface area contributed by atoms with Crippen LogP contribution in [0.25, 0.3) is 5.69 Å². The number of nitrogens with one attached hydrogen (secondary N) is 1. The van der Waals surface area contributed by atoms with Gasteiger partial charge in [0.1, 0.15) is 5.82 Å². The smallest absolute Gasteiger partial charge is 0.313 e. The van der Waals surface area contributed by atoms with Crippen molar-refractivity contribution in [2.75, 3.05) is 16.8 Å². The Labute approximate surface area is 143 Å². The highest BCUT2D eigenvalue weighted by atomic mass is 32.2. The van der Waals surface area contributed by atoms with Gasteiger partial charge in [-0.2, -0.15) is 5.10 Å². The summed E-state index contributed by atoms with van der Waals surface area (Å²) in [5.74, 6) is -1.70. The molecule has 2 aromatic rings. The molecule has 0 aliphatic rings. The number of anilines is 1. The summed E-state index contributed by atoms with van der Waals surface area (Å²) >= 11 is 1.02. The van der Waals surface area contributed by atoms with Gasteiger partial charge in [0.15, 0.2) is 0 Å². The molecule has 0 bridgehead atoms. The van der Waals surface area contributed by atoms with Crippen LogP contribution in [0, 0.1) is 5.82 Å². The molecule has 0 saturated heterocycles. The van der Waals surface area contributed by atoms with Gasteiger partial charge >= 0.3 is 5.97 Å². The second-order valence-corrected chi connectivity index (χ2v) is 6.07. The lowest BCUT2D eigenvalue weighted by atomic mass is 10.2. The Morgan fingerprint density at radius 2 is 2.17 bits per heavy atom. The summed E-state index contributed by atoms with van der Waals surface area (Å²) in [5.41, 5.74) is 1.92. The number of halogens is 1. The largest absolute Gasteiger partial charge is 0.481 e. The van der Waals surface area contributed by atoms with Gasteiger partial charge in [-0.3, -0.25) is 9.59 Å². The zero-order valence-corrected chi connectivity index (χ0v) is 14.0. The second kappa shape index (κ2) is 8.49. The maximum absolute atomic E-state index is 13.4. The summed E-state index contributed by atoms with van der Waals surface area (Å²) in [5, 5.41) is 15.6. The van der Waals surface area contributed by atoms with Gasteiger partial charge in [-0.1, -0.05) is 19.4 Å². The molecule has 24 heavy (non-hydrogen) atoms. The highest BCUT2D eigenvalue weighted by Gasteiger charge is 2.14. The molecule has 1 heterocycles. The minimum atomic E-state index is -0.960. The minimum Gasteiger partial charge on any atom is -0.481 e. The third kappa shape index (κ3) is 4.82. The molecule has 6 nitrogen and oxygen atoms in total. The van der Waals surface area contributed by atoms with Crippen molar-refractivity contribution in [3.05, 3.63) is 42.0 Å². The monoisotopic (exact) mass is 351 g/mol. The molecule has 0 aliphatic heterocycles. The van der Waals surface area contributed by atoms with Crippen molar-refractivity contribution in [3.63, 3.8) is 0 Å². The number of thioether (sulfide) groups is 1. The van der Waals surface area contributed by atoms with E-state index >= 15 is 0 Å². The Balaban J connectivity index is 2.16. The molecule has 0 aliphatic carbocycles. The molecule has 1 aromatic heterocycles. The van der Waals surface area contributed by atoms with Crippen LogP contribution in [-0.4, -0.2) is 38.3 Å². The Kier molecular flexibility index (Phi) is 6.36. The van der Waals surface area contributed by atoms with E-state index in [4.69, 9.17) is 5.11 Å². The maximum Gasteiger partial charge on any atom is 0.313 e. The fourth-order valence-electron chi connectivity index (χ4n) is 2.20. The van der Waals surface area contributed by atoms with E-state index in [9.17, 15) is 14.0 Å². The van der Waals surface area contributed by atoms with Crippen molar-refractivity contribution in [1.82, 2.24) is 9.78 Å². The van der Waals surface area contributed by atoms with Crippen molar-refractivity contribution in [2.24, 2.45) is 0 Å². The fourth-order valence-corrected chi connectivity index (χ4v) is 2.74. The molecular formula is C16H18FN3O3S. The molecule has 8 heteroatoms. The van der Waals surface area contributed by atoms with Crippen LogP contribution in [0.2, 0.25) is 0 Å². The quantitative estimate of drug-likeness (QED) is 0.764. The number of hydrogen-bond acceptors (Lipinski definition) is 4. The standard InChI is InChI=1S/C16H18FN3O3S/c1-2-4-14-13(19-15(21)9-24-10-16(22)23)8-18-20(14)12-6-3-5-11(17)7-12/h3,5-8H,2,4,9-10H2,1H3,(H,19,21)(H,22,23). The van der Waals surface area contributed by atoms with E-state index in [1.165, 1.54) is 18.3 Å². The fraction of sp³-hybridized carbons (Fsp3) is 0.312. The van der Waals surface area contributed by atoms with E-state index in [-0.39, 0.29) is 23.2 Å². The van der Waals surface area contributed by atoms with Crippen LogP contribution >= 0.6 is 11.8 Å². The van der Waals surface area contributed by atoms with Crippen molar-refractivity contribution < 1.29 is 19.1 Å². The Hall–Kier alpha value is -2.35. The molecule has 0 unspecified atom stereocenters. The van der Waals surface area contributed by atoms with E-state index in [1.807, 2.05) is 6.92 Å². The van der Waals surface area contributed by atoms with E-state index in [0.29, 0.717) is 17.8 Å². The molecular weight excluding hydrogens is 333 g/mol. The molecule has 0 radical (unpaired) electrons. The number of carbonyl (C=O) groups is 2. The van der Waals surface area contributed by atoms with Gasteiger partial charge in [0, 0.05) is 0 Å². The van der Waals surface area contributed by atoms with Crippen LogP contribution in [-0.2, 0) is 16.0 Å². The van der Waals surface area contributed by atoms with E-state index < -0.39 is 5.97 Å². The van der Waals surface area contributed by atoms with Crippen LogP contribution in [0.15, 0.2) is 30.5 Å². The summed E-state index contributed by atoms with van der Waals surface area (Å²) < 4.78 is 15.0. The summed E-state index contributed by atoms with van der Waals surface area (Å²) in [6, 6.07) is 6.07. The topological polar surface area (TPSA) is 84.2 Å². The number of nitrogens with zero attached hydrogens (tertiary/aromatic N) is 2. The molecule has 128 valence electrons. The predicted octanol–water partition coefficient (Wildman–Crippen LogP) is 2.72. The van der Waals surface area contributed by atoms with Crippen LogP contribution in [0.3, 0.4) is 0 Å². The summed E-state index contributed by atoms with van der Waals surface area (Å²) in [4.78, 5) is 22.4. The van der Waals surface area contributed by atoms with Gasteiger partial charge < -0.3 is 10.4 Å². The van der Waals surface area contributed by atoms with Crippen LogP contribution in [0.4, 0.5) is 10.1 Å². The molecule has 0 spiro atoms. The molecule has 0 saturated carbocycles. The lowest BCUT2D eigenvalue weighted by Gasteiger charge is -2.10. The molecule has 1 aromatic carbocycles. The van der Waals surface area contributed by atoms with Gasteiger partial charge in [-0.05, 0) is 24.6 Å². The number of hydrogen-bond donors (Lipinski definition) is 2. The second-order valence-electron chi connectivity index (χ2n) is 5.08. The Bertz CT molecular complexity index is 733. The number of carboxylic acid groups (broad SMARTS) is 1. The van der Waals surface area contributed by atoms with E-state index in [1.54, 1.807) is 16.8 Å². The lowest BCUT2D eigenvalue weighted by molar-refractivity contribution is -0.133. The van der Waals surface area contributed by atoms with E-state index in [0.717, 1.165) is 23.9 Å². The number of amides is 1.